The fraction of sp³-hybridized carbons (Fsp3) is 1.00. The van der Waals surface area contributed by atoms with E-state index in [1.807, 2.05) is 0 Å². The highest BCUT2D eigenvalue weighted by Crippen LogP contribution is 2.45. The third kappa shape index (κ3) is 1.58. The molecule has 2 aliphatic rings. The Morgan fingerprint density at radius 2 is 1.45 bits per heavy atom. The first kappa shape index (κ1) is 7.60. The molecular formula is C10H19N. The van der Waals surface area contributed by atoms with Gasteiger partial charge in [-0.15, -0.1) is 0 Å². The van der Waals surface area contributed by atoms with E-state index < -0.39 is 0 Å². The van der Waals surface area contributed by atoms with E-state index in [2.05, 4.69) is 0 Å². The Bertz CT molecular complexity index is 130. The summed E-state index contributed by atoms with van der Waals surface area (Å²) in [4.78, 5) is 0. The smallest absolute Gasteiger partial charge is 0.0184 e. The summed E-state index contributed by atoms with van der Waals surface area (Å²) in [5.74, 6) is 0.880. The van der Waals surface area contributed by atoms with E-state index in [-0.39, 0.29) is 0 Å². The van der Waals surface area contributed by atoms with Crippen molar-refractivity contribution in [2.24, 2.45) is 11.7 Å². The average molecular weight is 153 g/mol. The zero-order valence-electron chi connectivity index (χ0n) is 7.31. The summed E-state index contributed by atoms with van der Waals surface area (Å²) in [7, 11) is 0. The fourth-order valence-corrected chi connectivity index (χ4v) is 2.41. The van der Waals surface area contributed by atoms with Crippen molar-refractivity contribution in [3.8, 4) is 0 Å². The van der Waals surface area contributed by atoms with Gasteiger partial charge in [0.15, 0.2) is 0 Å². The molecule has 11 heavy (non-hydrogen) atoms. The van der Waals surface area contributed by atoms with Crippen molar-refractivity contribution < 1.29 is 0 Å². The number of rotatable bonds is 1. The van der Waals surface area contributed by atoms with Crippen molar-refractivity contribution >= 4 is 0 Å². The lowest BCUT2D eigenvalue weighted by atomic mass is 9.90. The lowest BCUT2D eigenvalue weighted by Gasteiger charge is -2.20. The normalized spacial score (nSPS) is 31.4. The van der Waals surface area contributed by atoms with Gasteiger partial charge in [-0.3, -0.25) is 0 Å². The van der Waals surface area contributed by atoms with Crippen molar-refractivity contribution in [2.75, 3.05) is 0 Å². The second-order valence-corrected chi connectivity index (χ2v) is 4.42. The topological polar surface area (TPSA) is 26.0 Å². The molecule has 0 aliphatic heterocycles. The van der Waals surface area contributed by atoms with Crippen LogP contribution in [0, 0.1) is 5.92 Å². The Labute approximate surface area is 69.4 Å². The van der Waals surface area contributed by atoms with Gasteiger partial charge in [0.1, 0.15) is 0 Å². The minimum Gasteiger partial charge on any atom is -0.325 e. The molecule has 0 spiro atoms. The lowest BCUT2D eigenvalue weighted by molar-refractivity contribution is 0.359. The van der Waals surface area contributed by atoms with Crippen molar-refractivity contribution in [3.05, 3.63) is 0 Å². The molecule has 1 heteroatoms. The van der Waals surface area contributed by atoms with Crippen LogP contribution in [0.1, 0.15) is 51.4 Å². The van der Waals surface area contributed by atoms with Gasteiger partial charge in [-0.05, 0) is 31.6 Å². The quantitative estimate of drug-likeness (QED) is 0.575. The van der Waals surface area contributed by atoms with Crippen LogP contribution in [0.15, 0.2) is 0 Å². The van der Waals surface area contributed by atoms with Gasteiger partial charge in [-0.1, -0.05) is 25.7 Å². The molecule has 2 aliphatic carbocycles. The van der Waals surface area contributed by atoms with Crippen molar-refractivity contribution in [1.29, 1.82) is 0 Å². The highest BCUT2D eigenvalue weighted by molar-refractivity contribution is 5.03. The maximum atomic E-state index is 6.19. The van der Waals surface area contributed by atoms with Crippen LogP contribution in [0.2, 0.25) is 0 Å². The van der Waals surface area contributed by atoms with Crippen LogP contribution in [0.4, 0.5) is 0 Å². The molecule has 2 saturated carbocycles. The second kappa shape index (κ2) is 2.78. The second-order valence-electron chi connectivity index (χ2n) is 4.42. The Balaban J connectivity index is 1.90. The molecule has 0 amide bonds. The summed E-state index contributed by atoms with van der Waals surface area (Å²) < 4.78 is 0. The van der Waals surface area contributed by atoms with Gasteiger partial charge in [-0.2, -0.15) is 0 Å². The van der Waals surface area contributed by atoms with Gasteiger partial charge in [0.05, 0.1) is 0 Å². The number of hydrogen-bond donors (Lipinski definition) is 1. The summed E-state index contributed by atoms with van der Waals surface area (Å²) in [5.41, 5.74) is 6.50. The van der Waals surface area contributed by atoms with Crippen LogP contribution in [0.5, 0.6) is 0 Å². The summed E-state index contributed by atoms with van der Waals surface area (Å²) in [6.07, 6.45) is 11.2. The monoisotopic (exact) mass is 153 g/mol. The predicted molar refractivity (Wildman–Crippen MR) is 47.3 cm³/mol. The molecule has 0 radical (unpaired) electrons. The fourth-order valence-electron chi connectivity index (χ4n) is 2.41. The molecule has 2 rings (SSSR count). The standard InChI is InChI=1S/C10H19N/c11-10(7-8-10)9-5-3-1-2-4-6-9/h9H,1-8,11H2. The SMILES string of the molecule is NC1(C2CCCCCC2)CC1. The van der Waals surface area contributed by atoms with Crippen molar-refractivity contribution in [1.82, 2.24) is 0 Å². The van der Waals surface area contributed by atoms with E-state index in [9.17, 15) is 0 Å². The highest BCUT2D eigenvalue weighted by Gasteiger charge is 2.44. The van der Waals surface area contributed by atoms with Crippen LogP contribution in [0.3, 0.4) is 0 Å². The number of nitrogens with two attached hydrogens (primary N) is 1. The lowest BCUT2D eigenvalue weighted by Crippen LogP contribution is -2.31. The first-order chi connectivity index (χ1) is 5.31. The van der Waals surface area contributed by atoms with Gasteiger partial charge < -0.3 is 5.73 Å². The van der Waals surface area contributed by atoms with Gasteiger partial charge >= 0.3 is 0 Å². The summed E-state index contributed by atoms with van der Waals surface area (Å²) in [6, 6.07) is 0. The van der Waals surface area contributed by atoms with E-state index in [4.69, 9.17) is 5.73 Å². The summed E-state index contributed by atoms with van der Waals surface area (Å²) >= 11 is 0. The van der Waals surface area contributed by atoms with E-state index >= 15 is 0 Å². The molecule has 0 bridgehead atoms. The van der Waals surface area contributed by atoms with Gasteiger partial charge in [0.25, 0.3) is 0 Å². The molecule has 0 saturated heterocycles. The molecule has 2 fully saturated rings. The molecule has 0 heterocycles. The minimum absolute atomic E-state index is 0.310. The Morgan fingerprint density at radius 3 is 1.91 bits per heavy atom. The first-order valence-electron chi connectivity index (χ1n) is 5.10. The summed E-state index contributed by atoms with van der Waals surface area (Å²) in [6.45, 7) is 0. The zero-order chi connectivity index (χ0) is 7.73. The van der Waals surface area contributed by atoms with Gasteiger partial charge in [0, 0.05) is 5.54 Å². The maximum absolute atomic E-state index is 6.19. The Kier molecular flexibility index (Phi) is 1.92. The molecule has 2 N–H and O–H groups in total. The van der Waals surface area contributed by atoms with E-state index in [0.29, 0.717) is 5.54 Å². The van der Waals surface area contributed by atoms with Crippen molar-refractivity contribution in [3.63, 3.8) is 0 Å². The molecule has 0 unspecified atom stereocenters. The summed E-state index contributed by atoms with van der Waals surface area (Å²) in [5, 5.41) is 0. The maximum Gasteiger partial charge on any atom is 0.0184 e. The highest BCUT2D eigenvalue weighted by atomic mass is 14.8. The van der Waals surface area contributed by atoms with E-state index in [1.54, 1.807) is 0 Å². The largest absolute Gasteiger partial charge is 0.325 e. The predicted octanol–water partition coefficient (Wildman–Crippen LogP) is 2.45. The molecule has 1 nitrogen and oxygen atoms in total. The van der Waals surface area contributed by atoms with Crippen molar-refractivity contribution in [2.45, 2.75) is 56.9 Å². The molecular weight excluding hydrogens is 134 g/mol. The number of hydrogen-bond acceptors (Lipinski definition) is 1. The zero-order valence-corrected chi connectivity index (χ0v) is 7.31. The third-order valence-electron chi connectivity index (χ3n) is 3.50. The van der Waals surface area contributed by atoms with Crippen LogP contribution in [0.25, 0.3) is 0 Å². The molecule has 0 aromatic carbocycles. The molecule has 0 atom stereocenters. The molecule has 0 aromatic heterocycles. The van der Waals surface area contributed by atoms with Crippen LogP contribution < -0.4 is 5.73 Å². The van der Waals surface area contributed by atoms with Gasteiger partial charge in [0.2, 0.25) is 0 Å². The van der Waals surface area contributed by atoms with Crippen LogP contribution in [-0.4, -0.2) is 5.54 Å². The van der Waals surface area contributed by atoms with Gasteiger partial charge in [-0.25, -0.2) is 0 Å². The van der Waals surface area contributed by atoms with Crippen LogP contribution >= 0.6 is 0 Å². The Morgan fingerprint density at radius 1 is 0.909 bits per heavy atom. The van der Waals surface area contributed by atoms with E-state index in [1.165, 1.54) is 51.4 Å². The third-order valence-corrected chi connectivity index (χ3v) is 3.50. The van der Waals surface area contributed by atoms with Crippen LogP contribution in [-0.2, 0) is 0 Å². The average Bonchev–Trinajstić information content (AvgIpc) is 2.73. The Hall–Kier alpha value is -0.0400. The van der Waals surface area contributed by atoms with E-state index in [0.717, 1.165) is 5.92 Å². The first-order valence-corrected chi connectivity index (χ1v) is 5.10. The molecule has 64 valence electrons. The minimum atomic E-state index is 0.310. The molecule has 0 aromatic rings.